The van der Waals surface area contributed by atoms with Crippen LogP contribution in [0.3, 0.4) is 0 Å². The van der Waals surface area contributed by atoms with Gasteiger partial charge in [0, 0.05) is 6.54 Å². The van der Waals surface area contributed by atoms with Crippen LogP contribution in [0, 0.1) is 11.3 Å². The van der Waals surface area contributed by atoms with Gasteiger partial charge in [0.25, 0.3) is 0 Å². The van der Waals surface area contributed by atoms with Gasteiger partial charge in [0.15, 0.2) is 5.96 Å². The molecular weight excluding hydrogens is 226 g/mol. The molecule has 0 aromatic rings. The molecule has 4 heteroatoms. The molecule has 1 aliphatic carbocycles. The van der Waals surface area contributed by atoms with Crippen molar-refractivity contribution < 1.29 is 5.11 Å². The smallest absolute Gasteiger partial charge is 0.188 e. The monoisotopic (exact) mass is 255 g/mol. The number of guanidine groups is 1. The van der Waals surface area contributed by atoms with Crippen molar-refractivity contribution in [3.63, 3.8) is 0 Å². The number of nitrogens with one attached hydrogen (secondary N) is 1. The van der Waals surface area contributed by atoms with Crippen molar-refractivity contribution in [2.24, 2.45) is 22.1 Å². The first-order chi connectivity index (χ1) is 8.22. The van der Waals surface area contributed by atoms with E-state index in [0.29, 0.717) is 18.4 Å². The Morgan fingerprint density at radius 2 is 2.06 bits per heavy atom. The van der Waals surface area contributed by atoms with Crippen molar-refractivity contribution in [2.75, 3.05) is 13.1 Å². The van der Waals surface area contributed by atoms with E-state index < -0.39 is 5.60 Å². The van der Waals surface area contributed by atoms with Gasteiger partial charge in [-0.3, -0.25) is 4.99 Å². The lowest BCUT2D eigenvalue weighted by atomic mass is 9.70. The van der Waals surface area contributed by atoms with Gasteiger partial charge >= 0.3 is 0 Å². The van der Waals surface area contributed by atoms with Gasteiger partial charge in [0.05, 0.1) is 12.1 Å². The maximum absolute atomic E-state index is 10.5. The molecule has 0 radical (unpaired) electrons. The summed E-state index contributed by atoms with van der Waals surface area (Å²) in [5.74, 6) is 0.982. The average Bonchev–Trinajstić information content (AvgIpc) is 2.22. The molecule has 4 nitrogen and oxygen atoms in total. The van der Waals surface area contributed by atoms with Crippen molar-refractivity contribution in [2.45, 2.75) is 59.0 Å². The topological polar surface area (TPSA) is 70.6 Å². The Bertz CT molecular complexity index is 299. The highest BCUT2D eigenvalue weighted by molar-refractivity contribution is 5.77. The van der Waals surface area contributed by atoms with Crippen molar-refractivity contribution in [1.82, 2.24) is 5.32 Å². The molecule has 18 heavy (non-hydrogen) atoms. The molecule has 0 heterocycles. The number of aliphatic imine (C=N–C) groups is 1. The largest absolute Gasteiger partial charge is 0.388 e. The fourth-order valence-corrected chi connectivity index (χ4v) is 2.70. The Morgan fingerprint density at radius 3 is 2.61 bits per heavy atom. The summed E-state index contributed by atoms with van der Waals surface area (Å²) < 4.78 is 0. The highest BCUT2D eigenvalue weighted by atomic mass is 16.3. The first-order valence-corrected chi connectivity index (χ1v) is 6.99. The zero-order valence-electron chi connectivity index (χ0n) is 12.3. The summed E-state index contributed by atoms with van der Waals surface area (Å²) in [6.45, 7) is 9.89. The maximum Gasteiger partial charge on any atom is 0.188 e. The van der Waals surface area contributed by atoms with Gasteiger partial charge in [-0.25, -0.2) is 0 Å². The molecule has 1 unspecified atom stereocenters. The second kappa shape index (κ2) is 5.91. The molecule has 4 N–H and O–H groups in total. The summed E-state index contributed by atoms with van der Waals surface area (Å²) in [4.78, 5) is 4.29. The molecular formula is C14H29N3O. The average molecular weight is 255 g/mol. The Kier molecular flexibility index (Phi) is 5.02. The van der Waals surface area contributed by atoms with E-state index >= 15 is 0 Å². The van der Waals surface area contributed by atoms with Crippen LogP contribution < -0.4 is 11.1 Å². The van der Waals surface area contributed by atoms with Gasteiger partial charge < -0.3 is 16.2 Å². The highest BCUT2D eigenvalue weighted by Gasteiger charge is 2.38. The fraction of sp³-hybridized carbons (Fsp3) is 0.929. The SMILES string of the molecule is CC(C)CNC(N)=NCC1(O)CCCC(C)(C)C1. The molecule has 0 bridgehead atoms. The third kappa shape index (κ3) is 5.25. The second-order valence-corrected chi connectivity index (χ2v) is 6.90. The number of nitrogens with zero attached hydrogens (tertiary/aromatic N) is 1. The minimum atomic E-state index is -0.675. The van der Waals surface area contributed by atoms with E-state index in [0.717, 1.165) is 25.8 Å². The van der Waals surface area contributed by atoms with E-state index in [1.54, 1.807) is 0 Å². The summed E-state index contributed by atoms with van der Waals surface area (Å²) in [5, 5.41) is 13.6. The molecule has 0 aromatic carbocycles. The van der Waals surface area contributed by atoms with Crippen molar-refractivity contribution in [1.29, 1.82) is 0 Å². The van der Waals surface area contributed by atoms with Crippen LogP contribution in [-0.4, -0.2) is 29.8 Å². The van der Waals surface area contributed by atoms with Gasteiger partial charge in [-0.15, -0.1) is 0 Å². The highest BCUT2D eigenvalue weighted by Crippen LogP contribution is 2.40. The second-order valence-electron chi connectivity index (χ2n) is 6.90. The quantitative estimate of drug-likeness (QED) is 0.530. The van der Waals surface area contributed by atoms with Crippen LogP contribution in [-0.2, 0) is 0 Å². The van der Waals surface area contributed by atoms with Crippen molar-refractivity contribution >= 4 is 5.96 Å². The Morgan fingerprint density at radius 1 is 1.39 bits per heavy atom. The van der Waals surface area contributed by atoms with Crippen LogP contribution in [0.2, 0.25) is 0 Å². The first kappa shape index (κ1) is 15.3. The minimum absolute atomic E-state index is 0.211. The number of aliphatic hydroxyl groups is 1. The molecule has 1 saturated carbocycles. The number of hydrogen-bond donors (Lipinski definition) is 3. The van der Waals surface area contributed by atoms with Crippen LogP contribution in [0.4, 0.5) is 0 Å². The molecule has 0 aromatic heterocycles. The summed E-state index contributed by atoms with van der Waals surface area (Å²) in [5.41, 5.74) is 5.33. The molecule has 0 saturated heterocycles. The van der Waals surface area contributed by atoms with Gasteiger partial charge in [0.2, 0.25) is 0 Å². The molecule has 1 rings (SSSR count). The lowest BCUT2D eigenvalue weighted by molar-refractivity contribution is -0.0307. The summed E-state index contributed by atoms with van der Waals surface area (Å²) >= 11 is 0. The summed E-state index contributed by atoms with van der Waals surface area (Å²) in [7, 11) is 0. The molecule has 1 aliphatic rings. The number of hydrogen-bond acceptors (Lipinski definition) is 2. The predicted molar refractivity (Wildman–Crippen MR) is 76.5 cm³/mol. The van der Waals surface area contributed by atoms with Gasteiger partial charge in [-0.05, 0) is 37.0 Å². The zero-order chi connectivity index (χ0) is 13.8. The van der Waals surface area contributed by atoms with Crippen LogP contribution >= 0.6 is 0 Å². The van der Waals surface area contributed by atoms with Gasteiger partial charge in [-0.2, -0.15) is 0 Å². The molecule has 0 spiro atoms. The third-order valence-electron chi connectivity index (χ3n) is 3.54. The van der Waals surface area contributed by atoms with E-state index in [1.807, 2.05) is 0 Å². The van der Waals surface area contributed by atoms with E-state index in [4.69, 9.17) is 5.73 Å². The lowest BCUT2D eigenvalue weighted by Crippen LogP contribution is -2.43. The minimum Gasteiger partial charge on any atom is -0.388 e. The third-order valence-corrected chi connectivity index (χ3v) is 3.54. The summed E-state index contributed by atoms with van der Waals surface area (Å²) in [6, 6.07) is 0. The van der Waals surface area contributed by atoms with Crippen molar-refractivity contribution in [3.8, 4) is 0 Å². The van der Waals surface area contributed by atoms with Gasteiger partial charge in [0.1, 0.15) is 0 Å². The number of rotatable bonds is 4. The molecule has 1 atom stereocenters. The predicted octanol–water partition coefficient (Wildman–Crippen LogP) is 1.88. The van der Waals surface area contributed by atoms with E-state index in [2.05, 4.69) is 38.0 Å². The Hall–Kier alpha value is -0.770. The molecule has 0 amide bonds. The van der Waals surface area contributed by atoms with Gasteiger partial charge in [-0.1, -0.05) is 27.7 Å². The van der Waals surface area contributed by atoms with Crippen LogP contribution in [0.15, 0.2) is 4.99 Å². The van der Waals surface area contributed by atoms with E-state index in [-0.39, 0.29) is 5.41 Å². The first-order valence-electron chi connectivity index (χ1n) is 6.99. The van der Waals surface area contributed by atoms with Crippen LogP contribution in [0.25, 0.3) is 0 Å². The number of nitrogens with two attached hydrogens (primary N) is 1. The maximum atomic E-state index is 10.5. The van der Waals surface area contributed by atoms with Crippen LogP contribution in [0.5, 0.6) is 0 Å². The fourth-order valence-electron chi connectivity index (χ4n) is 2.70. The Labute approximate surface area is 111 Å². The lowest BCUT2D eigenvalue weighted by Gasteiger charge is -2.40. The summed E-state index contributed by atoms with van der Waals surface area (Å²) in [6.07, 6.45) is 3.89. The normalized spacial score (nSPS) is 28.4. The standard InChI is InChI=1S/C14H29N3O/c1-11(2)8-16-12(15)17-10-14(18)7-5-6-13(3,4)9-14/h11,18H,5-10H2,1-4H3,(H3,15,16,17). The van der Waals surface area contributed by atoms with E-state index in [1.165, 1.54) is 6.42 Å². The van der Waals surface area contributed by atoms with E-state index in [9.17, 15) is 5.11 Å². The Balaban J connectivity index is 2.47. The molecule has 106 valence electrons. The zero-order valence-corrected chi connectivity index (χ0v) is 12.3. The van der Waals surface area contributed by atoms with Crippen molar-refractivity contribution in [3.05, 3.63) is 0 Å². The molecule has 1 fully saturated rings. The van der Waals surface area contributed by atoms with Crippen LogP contribution in [0.1, 0.15) is 53.4 Å². The molecule has 0 aliphatic heterocycles.